The number of ether oxygens (including phenoxy) is 3. The minimum absolute atomic E-state index is 0.119. The van der Waals surface area contributed by atoms with Crippen LogP contribution in [0.25, 0.3) is 11.1 Å². The zero-order valence-electron chi connectivity index (χ0n) is 24.4. The molecule has 0 bridgehead atoms. The first kappa shape index (κ1) is 31.2. The molecule has 0 aromatic heterocycles. The molecule has 8 heteroatoms. The number of rotatable bonds is 13. The number of hydrogen-bond donors (Lipinski definition) is 3. The highest BCUT2D eigenvalue weighted by molar-refractivity contribution is 5.98. The molecule has 0 spiro atoms. The summed E-state index contributed by atoms with van der Waals surface area (Å²) in [5.74, 6) is 0.0159. The summed E-state index contributed by atoms with van der Waals surface area (Å²) in [6.45, 7) is -0.346. The summed E-state index contributed by atoms with van der Waals surface area (Å²) >= 11 is 0. The number of esters is 1. The number of allylic oxidation sites excluding steroid dienone is 3. The Bertz CT molecular complexity index is 1420. The summed E-state index contributed by atoms with van der Waals surface area (Å²) in [6, 6.07) is 24.3. The fourth-order valence-electron chi connectivity index (χ4n) is 5.90. The number of carbonyl (C=O) groups excluding carboxylic acids is 2. The molecule has 44 heavy (non-hydrogen) atoms. The number of fused-ring (bicyclic) bond motifs is 1. The van der Waals surface area contributed by atoms with Crippen molar-refractivity contribution in [1.82, 2.24) is 0 Å². The van der Waals surface area contributed by atoms with Crippen molar-refractivity contribution < 1.29 is 39.1 Å². The van der Waals surface area contributed by atoms with Gasteiger partial charge in [-0.2, -0.15) is 0 Å². The van der Waals surface area contributed by atoms with Crippen molar-refractivity contribution in [3.05, 3.63) is 109 Å². The zero-order chi connectivity index (χ0) is 30.9. The molecule has 230 valence electrons. The molecular weight excluding hydrogens is 560 g/mol. The van der Waals surface area contributed by atoms with Gasteiger partial charge < -0.3 is 29.5 Å². The monoisotopic (exact) mass is 598 g/mol. The number of Topliss-reactive ketones (excluding diaryl/α,β-unsaturated/α-hetero) is 1. The van der Waals surface area contributed by atoms with Gasteiger partial charge in [0.1, 0.15) is 6.10 Å². The first-order valence-corrected chi connectivity index (χ1v) is 15.0. The number of carbonyl (C=O) groups is 2. The fourth-order valence-corrected chi connectivity index (χ4v) is 5.90. The number of para-hydroxylation sites is 2. The second-order valence-corrected chi connectivity index (χ2v) is 11.2. The molecule has 3 N–H and O–H groups in total. The Balaban J connectivity index is 1.01. The van der Waals surface area contributed by atoms with Crippen LogP contribution in [-0.2, 0) is 9.53 Å². The van der Waals surface area contributed by atoms with Gasteiger partial charge in [0.25, 0.3) is 6.29 Å². The van der Waals surface area contributed by atoms with Crippen molar-refractivity contribution in [2.75, 3.05) is 6.61 Å². The zero-order valence-corrected chi connectivity index (χ0v) is 24.4. The van der Waals surface area contributed by atoms with Crippen LogP contribution in [0.5, 0.6) is 11.5 Å². The molecule has 1 fully saturated rings. The molecule has 3 aromatic rings. The largest absolute Gasteiger partial charge is 0.454 e. The van der Waals surface area contributed by atoms with Gasteiger partial charge in [-0.1, -0.05) is 85.0 Å². The maximum Gasteiger partial charge on any atom is 0.331 e. The number of benzene rings is 3. The summed E-state index contributed by atoms with van der Waals surface area (Å²) < 4.78 is 16.5. The van der Waals surface area contributed by atoms with Crippen LogP contribution >= 0.6 is 0 Å². The highest BCUT2D eigenvalue weighted by Crippen LogP contribution is 2.40. The topological polar surface area (TPSA) is 123 Å². The first-order valence-electron chi connectivity index (χ1n) is 15.0. The number of ketones is 1. The van der Waals surface area contributed by atoms with Gasteiger partial charge in [0.2, 0.25) is 0 Å². The molecule has 5 rings (SSSR count). The van der Waals surface area contributed by atoms with Gasteiger partial charge in [0, 0.05) is 11.6 Å². The quantitative estimate of drug-likeness (QED) is 0.105. The highest BCUT2D eigenvalue weighted by atomic mass is 16.7. The molecule has 0 saturated heterocycles. The lowest BCUT2D eigenvalue weighted by Gasteiger charge is -2.25. The Morgan fingerprint density at radius 1 is 0.818 bits per heavy atom. The molecule has 5 atom stereocenters. The molecule has 0 amide bonds. The first-order chi connectivity index (χ1) is 21.4. The molecule has 1 saturated carbocycles. The predicted octanol–water partition coefficient (Wildman–Crippen LogP) is 5.27. The molecule has 1 aliphatic heterocycles. The number of hydrogen-bond acceptors (Lipinski definition) is 8. The van der Waals surface area contributed by atoms with Crippen molar-refractivity contribution in [2.45, 2.75) is 56.7 Å². The standard InChI is InChI=1S/C36H38O8/c37-29(36-43-33-13-8-9-14-34(33)44-36)21-20-28-27(30(38)22-31(28)39)12-6-1-2-7-15-35(41)42-23-32(40)26-18-16-25(17-19-26)24-10-4-3-5-11-24/h1-5,7-11,13-19,27-31,36-39H,6,12,20-23H2/b2-1-,15-7?/t27-,28-,29-,30+,31-/m1/s1. The van der Waals surface area contributed by atoms with E-state index in [1.54, 1.807) is 36.4 Å². The van der Waals surface area contributed by atoms with Gasteiger partial charge in [0.15, 0.2) is 23.9 Å². The molecule has 0 radical (unpaired) electrons. The third-order valence-electron chi connectivity index (χ3n) is 8.27. The smallest absolute Gasteiger partial charge is 0.331 e. The molecule has 2 aliphatic rings. The second-order valence-electron chi connectivity index (χ2n) is 11.2. The minimum atomic E-state index is -0.867. The molecule has 1 heterocycles. The summed E-state index contributed by atoms with van der Waals surface area (Å²) in [7, 11) is 0. The lowest BCUT2D eigenvalue weighted by Crippen LogP contribution is -2.34. The maximum absolute atomic E-state index is 12.4. The normalized spacial score (nSPS) is 22.1. The van der Waals surface area contributed by atoms with E-state index in [4.69, 9.17) is 14.2 Å². The van der Waals surface area contributed by atoms with Gasteiger partial charge in [-0.25, -0.2) is 4.79 Å². The van der Waals surface area contributed by atoms with E-state index in [1.165, 1.54) is 6.08 Å². The number of aliphatic hydroxyl groups excluding tert-OH is 3. The van der Waals surface area contributed by atoms with Crippen molar-refractivity contribution in [3.63, 3.8) is 0 Å². The highest BCUT2D eigenvalue weighted by Gasteiger charge is 2.41. The fraction of sp³-hybridized carbons (Fsp3) is 0.333. The van der Waals surface area contributed by atoms with Crippen LogP contribution < -0.4 is 9.47 Å². The average molecular weight is 599 g/mol. The van der Waals surface area contributed by atoms with E-state index in [1.807, 2.05) is 60.7 Å². The third-order valence-corrected chi connectivity index (χ3v) is 8.27. The molecule has 8 nitrogen and oxygen atoms in total. The van der Waals surface area contributed by atoms with E-state index >= 15 is 0 Å². The van der Waals surface area contributed by atoms with E-state index in [-0.39, 0.29) is 24.2 Å². The Kier molecular flexibility index (Phi) is 10.6. The Morgan fingerprint density at radius 3 is 2.11 bits per heavy atom. The van der Waals surface area contributed by atoms with Gasteiger partial charge in [-0.3, -0.25) is 4.79 Å². The SMILES string of the molecule is O=C(C=C/C=C\CC[C@@H]1[C@@H](CC[C@@H](O)C2Oc3ccccc3O2)[C@H](O)C[C@@H]1O)OCC(=O)c1ccc(-c2ccccc2)cc1. The van der Waals surface area contributed by atoms with E-state index in [9.17, 15) is 24.9 Å². The summed E-state index contributed by atoms with van der Waals surface area (Å²) in [6.07, 6.45) is 5.95. The minimum Gasteiger partial charge on any atom is -0.454 e. The maximum atomic E-state index is 12.4. The summed E-state index contributed by atoms with van der Waals surface area (Å²) in [4.78, 5) is 24.5. The van der Waals surface area contributed by atoms with Gasteiger partial charge in [-0.05, 0) is 67.2 Å². The summed E-state index contributed by atoms with van der Waals surface area (Å²) in [5, 5.41) is 31.8. The Hall–Kier alpha value is -4.24. The number of aliphatic hydroxyl groups is 3. The van der Waals surface area contributed by atoms with Gasteiger partial charge in [-0.15, -0.1) is 0 Å². The van der Waals surface area contributed by atoms with E-state index in [2.05, 4.69) is 0 Å². The summed E-state index contributed by atoms with van der Waals surface area (Å²) in [5.41, 5.74) is 2.53. The molecule has 3 aromatic carbocycles. The van der Waals surface area contributed by atoms with Gasteiger partial charge >= 0.3 is 5.97 Å². The van der Waals surface area contributed by atoms with Crippen LogP contribution in [0.3, 0.4) is 0 Å². The van der Waals surface area contributed by atoms with E-state index in [0.29, 0.717) is 49.2 Å². The van der Waals surface area contributed by atoms with Crippen molar-refractivity contribution >= 4 is 11.8 Å². The van der Waals surface area contributed by atoms with Crippen LogP contribution in [0.1, 0.15) is 42.5 Å². The van der Waals surface area contributed by atoms with E-state index in [0.717, 1.165) is 11.1 Å². The van der Waals surface area contributed by atoms with Crippen molar-refractivity contribution in [3.8, 4) is 22.6 Å². The van der Waals surface area contributed by atoms with Crippen LogP contribution in [0.2, 0.25) is 0 Å². The molecular formula is C36H38O8. The Morgan fingerprint density at radius 2 is 1.43 bits per heavy atom. The average Bonchev–Trinajstić information content (AvgIpc) is 3.60. The lowest BCUT2D eigenvalue weighted by atomic mass is 9.85. The van der Waals surface area contributed by atoms with Crippen LogP contribution in [0.15, 0.2) is 103 Å². The van der Waals surface area contributed by atoms with E-state index < -0.39 is 30.6 Å². The van der Waals surface area contributed by atoms with Crippen LogP contribution in [-0.4, -0.2) is 58.3 Å². The molecule has 1 aliphatic carbocycles. The third kappa shape index (κ3) is 8.02. The van der Waals surface area contributed by atoms with Crippen LogP contribution in [0.4, 0.5) is 0 Å². The lowest BCUT2D eigenvalue weighted by molar-refractivity contribution is -0.136. The van der Waals surface area contributed by atoms with Crippen molar-refractivity contribution in [2.24, 2.45) is 11.8 Å². The second kappa shape index (κ2) is 15.0. The van der Waals surface area contributed by atoms with Gasteiger partial charge in [0.05, 0.1) is 12.2 Å². The predicted molar refractivity (Wildman–Crippen MR) is 165 cm³/mol. The molecule has 0 unspecified atom stereocenters. The van der Waals surface area contributed by atoms with Crippen molar-refractivity contribution in [1.29, 1.82) is 0 Å². The Labute approximate surface area is 257 Å². The van der Waals surface area contributed by atoms with Crippen LogP contribution in [0, 0.1) is 11.8 Å².